The zero-order chi connectivity index (χ0) is 33.1. The van der Waals surface area contributed by atoms with Gasteiger partial charge in [0.25, 0.3) is 0 Å². The van der Waals surface area contributed by atoms with Crippen molar-refractivity contribution in [3.8, 4) is 0 Å². The van der Waals surface area contributed by atoms with E-state index < -0.39 is 0 Å². The summed E-state index contributed by atoms with van der Waals surface area (Å²) < 4.78 is 0. The van der Waals surface area contributed by atoms with Crippen LogP contribution in [0.5, 0.6) is 0 Å². The van der Waals surface area contributed by atoms with E-state index in [4.69, 9.17) is 0 Å². The van der Waals surface area contributed by atoms with Crippen molar-refractivity contribution in [1.82, 2.24) is 0 Å². The van der Waals surface area contributed by atoms with Crippen molar-refractivity contribution < 1.29 is 19.2 Å². The minimum Gasteiger partial charge on any atom is -0.289 e. The third-order valence-corrected chi connectivity index (χ3v) is 3.69. The summed E-state index contributed by atoms with van der Waals surface area (Å²) in [7, 11) is 0. The van der Waals surface area contributed by atoms with E-state index in [-0.39, 0.29) is 23.1 Å². The highest BCUT2D eigenvalue weighted by Crippen LogP contribution is 2.16. The van der Waals surface area contributed by atoms with E-state index in [0.29, 0.717) is 22.3 Å². The first-order chi connectivity index (χ1) is 19.6. The average Bonchev–Trinajstić information content (AvgIpc) is 3.09. The van der Waals surface area contributed by atoms with Crippen LogP contribution in [0.25, 0.3) is 0 Å². The lowest BCUT2D eigenvalue weighted by Gasteiger charge is -2.06. The molecule has 0 N–H and O–H groups in total. The topological polar surface area (TPSA) is 68.3 Å². The first kappa shape index (κ1) is 49.5. The van der Waals surface area contributed by atoms with Crippen molar-refractivity contribution in [3.05, 3.63) is 95.1 Å². The number of carbonyl (C=O) groups is 4. The molecule has 0 spiro atoms. The number of carbonyl (C=O) groups excluding carboxylic acids is 4. The lowest BCUT2D eigenvalue weighted by Crippen LogP contribution is -2.10. The third kappa shape index (κ3) is 19.6. The van der Waals surface area contributed by atoms with Crippen LogP contribution < -0.4 is 0 Å². The Hall–Kier alpha value is -3.40. The first-order valence-electron chi connectivity index (χ1n) is 15.3. The van der Waals surface area contributed by atoms with Gasteiger partial charge in [-0.25, -0.2) is 0 Å². The summed E-state index contributed by atoms with van der Waals surface area (Å²) in [5.74, 6) is -0.370. The van der Waals surface area contributed by atoms with Gasteiger partial charge in [0.15, 0.2) is 23.1 Å². The molecule has 40 heavy (non-hydrogen) atoms. The molecule has 4 heteroatoms. The molecule has 0 atom stereocenters. The molecular formula is C36H60O4. The first-order valence-corrected chi connectivity index (χ1v) is 15.3. The molecule has 2 aromatic carbocycles. The van der Waals surface area contributed by atoms with Crippen molar-refractivity contribution in [3.63, 3.8) is 0 Å². The number of hydrogen-bond donors (Lipinski definition) is 0. The van der Waals surface area contributed by atoms with Gasteiger partial charge >= 0.3 is 0 Å². The second-order valence-corrected chi connectivity index (χ2v) is 5.21. The molecule has 4 nitrogen and oxygen atoms in total. The molecule has 4 rings (SSSR count). The van der Waals surface area contributed by atoms with Crippen LogP contribution in [-0.2, 0) is 0 Å². The van der Waals surface area contributed by atoms with E-state index in [9.17, 15) is 19.2 Å². The van der Waals surface area contributed by atoms with E-state index in [1.54, 1.807) is 48.5 Å². The molecule has 0 saturated carbocycles. The monoisotopic (exact) mass is 556 g/mol. The van der Waals surface area contributed by atoms with Crippen LogP contribution in [0.4, 0.5) is 0 Å². The highest BCUT2D eigenvalue weighted by atomic mass is 16.1. The van der Waals surface area contributed by atoms with Gasteiger partial charge in [-0.1, -0.05) is 159 Å². The molecule has 228 valence electrons. The minimum atomic E-state index is -0.0924. The highest BCUT2D eigenvalue weighted by molar-refractivity contribution is 6.22. The van der Waals surface area contributed by atoms with Crippen molar-refractivity contribution in [2.24, 2.45) is 0 Å². The summed E-state index contributed by atoms with van der Waals surface area (Å²) in [5.41, 5.74) is 2.02. The fourth-order valence-corrected chi connectivity index (χ4v) is 2.49. The molecule has 0 radical (unpaired) electrons. The maximum Gasteiger partial charge on any atom is 0.186 e. The molecule has 0 saturated heterocycles. The molecule has 0 fully saturated rings. The summed E-state index contributed by atoms with van der Waals surface area (Å²) in [4.78, 5) is 44.8. The molecule has 2 aliphatic carbocycles. The van der Waals surface area contributed by atoms with Gasteiger partial charge in [0.1, 0.15) is 0 Å². The molecule has 2 aromatic rings. The predicted molar refractivity (Wildman–Crippen MR) is 179 cm³/mol. The van der Waals surface area contributed by atoms with E-state index in [1.165, 1.54) is 24.3 Å². The van der Waals surface area contributed by atoms with Gasteiger partial charge in [0.2, 0.25) is 0 Å². The zero-order valence-electron chi connectivity index (χ0n) is 28.6. The van der Waals surface area contributed by atoms with Crippen molar-refractivity contribution >= 4 is 23.1 Å². The average molecular weight is 557 g/mol. The Balaban J connectivity index is -0.0000000968. The van der Waals surface area contributed by atoms with Gasteiger partial charge in [-0.15, -0.1) is 0 Å². The van der Waals surface area contributed by atoms with Gasteiger partial charge in [-0.3, -0.25) is 19.2 Å². The summed E-state index contributed by atoms with van der Waals surface area (Å²) in [6.07, 6.45) is 5.24. The fourth-order valence-electron chi connectivity index (χ4n) is 2.49. The largest absolute Gasteiger partial charge is 0.289 e. The van der Waals surface area contributed by atoms with Crippen LogP contribution in [0.15, 0.2) is 72.8 Å². The van der Waals surface area contributed by atoms with E-state index in [0.717, 1.165) is 0 Å². The Kier molecular flexibility index (Phi) is 49.7. The number of hydrogen-bond acceptors (Lipinski definition) is 4. The molecule has 0 heterocycles. The second-order valence-electron chi connectivity index (χ2n) is 5.21. The Morgan fingerprint density at radius 1 is 0.275 bits per heavy atom. The summed E-state index contributed by atoms with van der Waals surface area (Å²) in [6, 6.07) is 13.7. The normalized spacial score (nSPS) is 10.0. The van der Waals surface area contributed by atoms with Crippen molar-refractivity contribution in [1.29, 1.82) is 0 Å². The zero-order valence-corrected chi connectivity index (χ0v) is 28.6. The lowest BCUT2D eigenvalue weighted by molar-refractivity contribution is 0.0994. The molecule has 0 amide bonds. The van der Waals surface area contributed by atoms with Crippen LogP contribution in [-0.4, -0.2) is 23.1 Å². The maximum atomic E-state index is 11.2. The van der Waals surface area contributed by atoms with Crippen LogP contribution in [0.3, 0.4) is 0 Å². The summed E-state index contributed by atoms with van der Waals surface area (Å²) >= 11 is 0. The van der Waals surface area contributed by atoms with Gasteiger partial charge in [-0.05, 0) is 24.3 Å². The molecule has 0 aromatic heterocycles. The number of allylic oxidation sites excluding steroid dienone is 4. The molecule has 0 aliphatic heterocycles. The smallest absolute Gasteiger partial charge is 0.186 e. The van der Waals surface area contributed by atoms with Gasteiger partial charge in [0.05, 0.1) is 0 Å². The highest BCUT2D eigenvalue weighted by Gasteiger charge is 2.17. The van der Waals surface area contributed by atoms with E-state index >= 15 is 0 Å². The van der Waals surface area contributed by atoms with Crippen LogP contribution in [0, 0.1) is 0 Å². The Morgan fingerprint density at radius 2 is 0.400 bits per heavy atom. The number of fused-ring (bicyclic) bond motifs is 2. The number of rotatable bonds is 0. The number of benzene rings is 2. The Morgan fingerprint density at radius 3 is 0.525 bits per heavy atom. The summed E-state index contributed by atoms with van der Waals surface area (Å²) in [5, 5.41) is 0. The maximum absolute atomic E-state index is 11.2. The van der Waals surface area contributed by atoms with Gasteiger partial charge in [0, 0.05) is 22.3 Å². The molecular weight excluding hydrogens is 496 g/mol. The standard InChI is InChI=1S/2C10H6O2.8C2H6/c2*11-9-5-6-10(12)8-4-2-1-3-7(8)9;8*1-2/h2*1-6H;8*1-2H3. The molecule has 2 aliphatic rings. The number of ketones is 4. The van der Waals surface area contributed by atoms with Crippen LogP contribution >= 0.6 is 0 Å². The Labute approximate surface area is 248 Å². The van der Waals surface area contributed by atoms with Crippen LogP contribution in [0.2, 0.25) is 0 Å². The molecule has 0 unspecified atom stereocenters. The van der Waals surface area contributed by atoms with Crippen molar-refractivity contribution in [2.45, 2.75) is 111 Å². The molecule has 0 bridgehead atoms. The quantitative estimate of drug-likeness (QED) is 0.323. The predicted octanol–water partition coefficient (Wildman–Crippen LogP) is 11.5. The van der Waals surface area contributed by atoms with E-state index in [1.807, 2.05) is 111 Å². The minimum absolute atomic E-state index is 0.0924. The van der Waals surface area contributed by atoms with Crippen molar-refractivity contribution in [2.75, 3.05) is 0 Å². The second kappa shape index (κ2) is 40.1. The SMILES string of the molecule is CC.CC.CC.CC.CC.CC.CC.CC.O=C1C=CC(=O)c2ccccc21.O=C1C=CC(=O)c2ccccc21. The lowest BCUT2D eigenvalue weighted by atomic mass is 9.95. The van der Waals surface area contributed by atoms with E-state index in [2.05, 4.69) is 0 Å². The van der Waals surface area contributed by atoms with Gasteiger partial charge in [-0.2, -0.15) is 0 Å². The summed E-state index contributed by atoms with van der Waals surface area (Å²) in [6.45, 7) is 32.0. The third-order valence-electron chi connectivity index (χ3n) is 3.69. The Bertz CT molecular complexity index is 784. The fraction of sp³-hybridized carbons (Fsp3) is 0.444. The van der Waals surface area contributed by atoms with Crippen LogP contribution in [0.1, 0.15) is 152 Å². The van der Waals surface area contributed by atoms with Gasteiger partial charge < -0.3 is 0 Å².